The van der Waals surface area contributed by atoms with Crippen molar-refractivity contribution in [2.24, 2.45) is 0 Å². The average molecular weight is 349 g/mol. The summed E-state index contributed by atoms with van der Waals surface area (Å²) in [5.41, 5.74) is 0.384. The van der Waals surface area contributed by atoms with Crippen molar-refractivity contribution in [1.29, 1.82) is 0 Å². The van der Waals surface area contributed by atoms with E-state index >= 15 is 0 Å². The van der Waals surface area contributed by atoms with Crippen LogP contribution in [0.5, 0.6) is 5.75 Å². The molecular formula is C14H9Cl3FNO2. The first kappa shape index (κ1) is 15.9. The summed E-state index contributed by atoms with van der Waals surface area (Å²) >= 11 is 17.3. The normalized spacial score (nSPS) is 10.3. The third kappa shape index (κ3) is 4.49. The minimum absolute atomic E-state index is 0.0780. The maximum atomic E-state index is 13.0. The van der Waals surface area contributed by atoms with E-state index in [0.29, 0.717) is 15.7 Å². The minimum atomic E-state index is -0.556. The number of hydrogen-bond donors (Lipinski definition) is 1. The van der Waals surface area contributed by atoms with E-state index in [1.807, 2.05) is 0 Å². The summed E-state index contributed by atoms with van der Waals surface area (Å²) in [6.07, 6.45) is 0. The lowest BCUT2D eigenvalue weighted by atomic mass is 10.3. The molecule has 2 aromatic carbocycles. The van der Waals surface area contributed by atoms with Crippen LogP contribution in [0.4, 0.5) is 10.1 Å². The van der Waals surface area contributed by atoms with Gasteiger partial charge >= 0.3 is 0 Å². The summed E-state index contributed by atoms with van der Waals surface area (Å²) < 4.78 is 18.2. The van der Waals surface area contributed by atoms with Crippen LogP contribution in [0.25, 0.3) is 0 Å². The fourth-order valence-corrected chi connectivity index (χ4v) is 2.00. The van der Waals surface area contributed by atoms with E-state index in [4.69, 9.17) is 39.5 Å². The first-order chi connectivity index (χ1) is 9.95. The largest absolute Gasteiger partial charge is 0.484 e. The van der Waals surface area contributed by atoms with E-state index in [1.54, 1.807) is 12.1 Å². The Morgan fingerprint density at radius 1 is 1.10 bits per heavy atom. The first-order valence-electron chi connectivity index (χ1n) is 5.78. The van der Waals surface area contributed by atoms with Gasteiger partial charge in [0.25, 0.3) is 5.91 Å². The van der Waals surface area contributed by atoms with Gasteiger partial charge < -0.3 is 10.1 Å². The second-order valence-electron chi connectivity index (χ2n) is 4.04. The van der Waals surface area contributed by atoms with Crippen molar-refractivity contribution >= 4 is 46.4 Å². The third-order valence-corrected chi connectivity index (χ3v) is 3.32. The number of carbonyl (C=O) groups excluding carboxylic acids is 1. The molecule has 0 atom stereocenters. The molecule has 0 bridgehead atoms. The summed E-state index contributed by atoms with van der Waals surface area (Å²) in [6.45, 7) is -0.273. The number of amides is 1. The van der Waals surface area contributed by atoms with Crippen LogP contribution in [0.3, 0.4) is 0 Å². The monoisotopic (exact) mass is 347 g/mol. The molecule has 2 rings (SSSR count). The Balaban J connectivity index is 1.95. The van der Waals surface area contributed by atoms with Crippen molar-refractivity contribution in [3.63, 3.8) is 0 Å². The first-order valence-corrected chi connectivity index (χ1v) is 6.92. The van der Waals surface area contributed by atoms with Crippen LogP contribution in [-0.4, -0.2) is 12.5 Å². The maximum Gasteiger partial charge on any atom is 0.262 e. The van der Waals surface area contributed by atoms with Gasteiger partial charge in [0.15, 0.2) is 6.61 Å². The van der Waals surface area contributed by atoms with Gasteiger partial charge in [-0.3, -0.25) is 4.79 Å². The number of carbonyl (C=O) groups is 1. The van der Waals surface area contributed by atoms with E-state index in [-0.39, 0.29) is 17.4 Å². The molecule has 110 valence electrons. The van der Waals surface area contributed by atoms with Gasteiger partial charge in [-0.15, -0.1) is 0 Å². The van der Waals surface area contributed by atoms with Crippen LogP contribution in [0.15, 0.2) is 36.4 Å². The lowest BCUT2D eigenvalue weighted by Crippen LogP contribution is -2.20. The van der Waals surface area contributed by atoms with Crippen LogP contribution in [0.1, 0.15) is 0 Å². The van der Waals surface area contributed by atoms with E-state index < -0.39 is 11.7 Å². The van der Waals surface area contributed by atoms with Crippen molar-refractivity contribution in [3.05, 3.63) is 57.3 Å². The highest BCUT2D eigenvalue weighted by Gasteiger charge is 2.08. The van der Waals surface area contributed by atoms with Crippen molar-refractivity contribution < 1.29 is 13.9 Å². The smallest absolute Gasteiger partial charge is 0.262 e. The molecule has 0 saturated carbocycles. The number of anilines is 1. The topological polar surface area (TPSA) is 38.3 Å². The molecule has 7 heteroatoms. The predicted octanol–water partition coefficient (Wildman–Crippen LogP) is 4.80. The van der Waals surface area contributed by atoms with E-state index in [2.05, 4.69) is 5.32 Å². The lowest BCUT2D eigenvalue weighted by molar-refractivity contribution is -0.118. The minimum Gasteiger partial charge on any atom is -0.484 e. The predicted molar refractivity (Wildman–Crippen MR) is 82.0 cm³/mol. The molecule has 0 aromatic heterocycles. The summed E-state index contributed by atoms with van der Waals surface area (Å²) in [6, 6.07) is 8.52. The Morgan fingerprint density at radius 3 is 2.57 bits per heavy atom. The van der Waals surface area contributed by atoms with E-state index in [1.165, 1.54) is 18.2 Å². The van der Waals surface area contributed by atoms with Gasteiger partial charge in [-0.2, -0.15) is 0 Å². The zero-order valence-corrected chi connectivity index (χ0v) is 12.8. The van der Waals surface area contributed by atoms with Crippen LogP contribution >= 0.6 is 34.8 Å². The van der Waals surface area contributed by atoms with Gasteiger partial charge in [0.1, 0.15) is 11.6 Å². The Hall–Kier alpha value is -1.49. The molecule has 0 fully saturated rings. The summed E-state index contributed by atoms with van der Waals surface area (Å²) in [5.74, 6) is -0.701. The second-order valence-corrected chi connectivity index (χ2v) is 5.29. The van der Waals surface area contributed by atoms with Gasteiger partial charge in [0, 0.05) is 11.1 Å². The van der Waals surface area contributed by atoms with Crippen molar-refractivity contribution in [3.8, 4) is 5.75 Å². The maximum absolute atomic E-state index is 13.0. The zero-order valence-electron chi connectivity index (χ0n) is 10.5. The fraction of sp³-hybridized carbons (Fsp3) is 0.0714. The molecule has 0 unspecified atom stereocenters. The average Bonchev–Trinajstić information content (AvgIpc) is 2.44. The van der Waals surface area contributed by atoms with Crippen molar-refractivity contribution in [2.45, 2.75) is 0 Å². The number of halogens is 4. The van der Waals surface area contributed by atoms with Crippen LogP contribution in [-0.2, 0) is 4.79 Å². The Kier molecular flexibility index (Phi) is 5.28. The number of ether oxygens (including phenoxy) is 1. The lowest BCUT2D eigenvalue weighted by Gasteiger charge is -2.09. The van der Waals surface area contributed by atoms with Gasteiger partial charge in [0.2, 0.25) is 0 Å². The Morgan fingerprint density at radius 2 is 1.86 bits per heavy atom. The molecule has 0 aliphatic carbocycles. The Bertz CT molecular complexity index is 679. The summed E-state index contributed by atoms with van der Waals surface area (Å²) in [5, 5.41) is 3.29. The molecule has 1 N–H and O–H groups in total. The van der Waals surface area contributed by atoms with E-state index in [0.717, 1.165) is 6.07 Å². The molecule has 0 aliphatic heterocycles. The molecule has 3 nitrogen and oxygen atoms in total. The third-order valence-electron chi connectivity index (χ3n) is 2.46. The van der Waals surface area contributed by atoms with Crippen molar-refractivity contribution in [1.82, 2.24) is 0 Å². The van der Waals surface area contributed by atoms with Gasteiger partial charge in [0.05, 0.1) is 15.7 Å². The standard InChI is InChI=1S/C14H9Cl3FNO2/c15-8-1-3-10(16)13(5-8)19-14(20)7-21-9-2-4-12(18)11(17)6-9/h1-6H,7H2,(H,19,20). The van der Waals surface area contributed by atoms with E-state index in [9.17, 15) is 9.18 Å². The highest BCUT2D eigenvalue weighted by Crippen LogP contribution is 2.25. The number of benzene rings is 2. The quantitative estimate of drug-likeness (QED) is 0.861. The molecule has 0 spiro atoms. The summed E-state index contributed by atoms with van der Waals surface area (Å²) in [4.78, 5) is 11.8. The molecule has 0 heterocycles. The van der Waals surface area contributed by atoms with Gasteiger partial charge in [-0.05, 0) is 30.3 Å². The molecule has 21 heavy (non-hydrogen) atoms. The molecule has 2 aromatic rings. The fourth-order valence-electron chi connectivity index (χ4n) is 1.50. The molecular weight excluding hydrogens is 340 g/mol. The number of rotatable bonds is 4. The summed E-state index contributed by atoms with van der Waals surface area (Å²) in [7, 11) is 0. The molecule has 1 amide bonds. The molecule has 0 radical (unpaired) electrons. The second kappa shape index (κ2) is 6.98. The van der Waals surface area contributed by atoms with Crippen LogP contribution in [0, 0.1) is 5.82 Å². The molecule has 0 aliphatic rings. The van der Waals surface area contributed by atoms with Gasteiger partial charge in [-0.25, -0.2) is 4.39 Å². The van der Waals surface area contributed by atoms with Crippen LogP contribution in [0.2, 0.25) is 15.1 Å². The number of hydrogen-bond acceptors (Lipinski definition) is 2. The van der Waals surface area contributed by atoms with Crippen LogP contribution < -0.4 is 10.1 Å². The number of nitrogens with one attached hydrogen (secondary N) is 1. The molecule has 0 saturated heterocycles. The highest BCUT2D eigenvalue weighted by molar-refractivity contribution is 6.35. The highest BCUT2D eigenvalue weighted by atomic mass is 35.5. The SMILES string of the molecule is O=C(COc1ccc(F)c(Cl)c1)Nc1cc(Cl)ccc1Cl. The van der Waals surface area contributed by atoms with Crippen molar-refractivity contribution in [2.75, 3.05) is 11.9 Å². The Labute approximate surface area is 135 Å². The van der Waals surface area contributed by atoms with Gasteiger partial charge in [-0.1, -0.05) is 34.8 Å². The zero-order chi connectivity index (χ0) is 15.4.